The second kappa shape index (κ2) is 12.4. The number of carbonyl (C=O) groups excluding carboxylic acids is 2. The van der Waals surface area contributed by atoms with Crippen LogP contribution in [0.25, 0.3) is 21.3 Å². The summed E-state index contributed by atoms with van der Waals surface area (Å²) in [7, 11) is 0. The van der Waals surface area contributed by atoms with Crippen molar-refractivity contribution in [2.24, 2.45) is 5.11 Å². The third-order valence-corrected chi connectivity index (χ3v) is 6.60. The molecule has 1 aromatic heterocycles. The third kappa shape index (κ3) is 6.50. The van der Waals surface area contributed by atoms with E-state index in [1.807, 2.05) is 12.1 Å². The summed E-state index contributed by atoms with van der Waals surface area (Å²) in [6.45, 7) is 5.07. The van der Waals surface area contributed by atoms with Crippen LogP contribution in [0, 0.1) is 0 Å². The van der Waals surface area contributed by atoms with Crippen molar-refractivity contribution in [3.63, 3.8) is 0 Å². The maximum Gasteiger partial charge on any atom is 0.330 e. The van der Waals surface area contributed by atoms with E-state index in [1.54, 1.807) is 24.3 Å². The predicted octanol–water partition coefficient (Wildman–Crippen LogP) is 4.03. The zero-order valence-electron chi connectivity index (χ0n) is 21.3. The molecule has 1 amide bonds. The van der Waals surface area contributed by atoms with Gasteiger partial charge in [-0.3, -0.25) is 9.69 Å². The molecule has 12 heteroatoms. The molecule has 0 aliphatic carbocycles. The van der Waals surface area contributed by atoms with Gasteiger partial charge in [0.15, 0.2) is 0 Å². The van der Waals surface area contributed by atoms with Crippen molar-refractivity contribution in [1.29, 1.82) is 0 Å². The molecule has 3 heterocycles. The van der Waals surface area contributed by atoms with Gasteiger partial charge in [-0.05, 0) is 48.2 Å². The molecule has 12 nitrogen and oxygen atoms in total. The molecular formula is C27H28N8O4. The van der Waals surface area contributed by atoms with E-state index in [9.17, 15) is 9.59 Å². The average molecular weight is 529 g/mol. The number of anilines is 3. The van der Waals surface area contributed by atoms with Gasteiger partial charge in [-0.2, -0.15) is 0 Å². The van der Waals surface area contributed by atoms with Crippen LogP contribution < -0.4 is 10.2 Å². The van der Waals surface area contributed by atoms with Gasteiger partial charge in [0.05, 0.1) is 25.3 Å². The highest BCUT2D eigenvalue weighted by Crippen LogP contribution is 2.39. The molecule has 1 fully saturated rings. The lowest BCUT2D eigenvalue weighted by molar-refractivity contribution is -0.138. The highest BCUT2D eigenvalue weighted by molar-refractivity contribution is 6.04. The molecule has 2 aliphatic heterocycles. The summed E-state index contributed by atoms with van der Waals surface area (Å²) in [5, 5.41) is 7.25. The minimum absolute atomic E-state index is 0.291. The van der Waals surface area contributed by atoms with Gasteiger partial charge in [0.25, 0.3) is 0 Å². The van der Waals surface area contributed by atoms with Gasteiger partial charge in [-0.25, -0.2) is 14.8 Å². The molecule has 39 heavy (non-hydrogen) atoms. The molecule has 0 unspecified atom stereocenters. The number of fused-ring (bicyclic) bond motifs is 2. The van der Waals surface area contributed by atoms with Gasteiger partial charge in [0, 0.05) is 65.7 Å². The zero-order valence-corrected chi connectivity index (χ0v) is 21.3. The summed E-state index contributed by atoms with van der Waals surface area (Å²) in [5.74, 6) is -0.332. The minimum atomic E-state index is -0.561. The van der Waals surface area contributed by atoms with Gasteiger partial charge in [-0.1, -0.05) is 17.2 Å². The number of aromatic nitrogens is 2. The number of ether oxygens (including phenoxy) is 2. The van der Waals surface area contributed by atoms with Gasteiger partial charge in [-0.15, -0.1) is 0 Å². The summed E-state index contributed by atoms with van der Waals surface area (Å²) in [5.41, 5.74) is 12.6. The topological polar surface area (TPSA) is 146 Å². The number of benzene rings is 2. The molecule has 0 radical (unpaired) electrons. The Morgan fingerprint density at radius 3 is 2.85 bits per heavy atom. The molecule has 3 aromatic rings. The highest BCUT2D eigenvalue weighted by Gasteiger charge is 2.23. The fraction of sp³-hybridized carbons (Fsp3) is 0.333. The monoisotopic (exact) mass is 528 g/mol. The first-order valence-corrected chi connectivity index (χ1v) is 12.8. The summed E-state index contributed by atoms with van der Waals surface area (Å²) in [6.07, 6.45) is 5.33. The number of esters is 1. The minimum Gasteiger partial charge on any atom is -0.462 e. The average Bonchev–Trinajstić information content (AvgIpc) is 3.38. The van der Waals surface area contributed by atoms with E-state index >= 15 is 0 Å². The van der Waals surface area contributed by atoms with Crippen LogP contribution in [0.4, 0.5) is 22.9 Å². The van der Waals surface area contributed by atoms with E-state index < -0.39 is 11.9 Å². The maximum absolute atomic E-state index is 12.5. The van der Waals surface area contributed by atoms with Crippen molar-refractivity contribution in [3.8, 4) is 0 Å². The first-order chi connectivity index (χ1) is 19.1. The second-order valence-electron chi connectivity index (χ2n) is 9.13. The predicted molar refractivity (Wildman–Crippen MR) is 146 cm³/mol. The van der Waals surface area contributed by atoms with Crippen LogP contribution in [-0.4, -0.2) is 72.7 Å². The van der Waals surface area contributed by atoms with Crippen LogP contribution in [0.3, 0.4) is 0 Å². The Hall–Kier alpha value is -4.51. The summed E-state index contributed by atoms with van der Waals surface area (Å²) < 4.78 is 10.5. The van der Waals surface area contributed by atoms with Crippen LogP contribution in [0.2, 0.25) is 0 Å². The highest BCUT2D eigenvalue weighted by atomic mass is 16.5. The molecule has 5 rings (SSSR count). The second-order valence-corrected chi connectivity index (χ2v) is 9.13. The lowest BCUT2D eigenvalue weighted by Crippen LogP contribution is -2.37. The van der Waals surface area contributed by atoms with E-state index in [4.69, 9.17) is 15.0 Å². The fourth-order valence-electron chi connectivity index (χ4n) is 4.70. The first-order valence-electron chi connectivity index (χ1n) is 12.8. The van der Waals surface area contributed by atoms with Crippen LogP contribution >= 0.6 is 0 Å². The van der Waals surface area contributed by atoms with Gasteiger partial charge in [0.2, 0.25) is 5.91 Å². The van der Waals surface area contributed by atoms with Gasteiger partial charge < -0.3 is 19.7 Å². The Balaban J connectivity index is 1.22. The normalized spacial score (nSPS) is 15.2. The first kappa shape index (κ1) is 26.1. The van der Waals surface area contributed by atoms with Crippen molar-refractivity contribution >= 4 is 45.7 Å². The standard InChI is InChI=1S/C27H28N8O4/c28-33-32-21-3-2-19-8-10-35(24(19)17-21)27-22-16-20(4-5-23(22)29-18-30-27)31-25(36)6-7-26(37)39-13-1-9-34-11-14-38-15-12-34/h2-7,16-18H,1,8-15H2,(H,31,36). The zero-order chi connectivity index (χ0) is 27.0. The maximum atomic E-state index is 12.5. The Morgan fingerprint density at radius 1 is 1.13 bits per heavy atom. The third-order valence-electron chi connectivity index (χ3n) is 6.60. The number of rotatable bonds is 9. The number of amides is 1. The lowest BCUT2D eigenvalue weighted by atomic mass is 10.1. The number of hydrogen-bond acceptors (Lipinski definition) is 9. The number of morpholine rings is 1. The number of hydrogen-bond donors (Lipinski definition) is 1. The SMILES string of the molecule is [N-]=[N+]=Nc1ccc2c(c1)N(c1ncnc3ccc(NC(=O)C=CC(=O)OCCCN4CCOCC4)cc13)CC2. The van der Waals surface area contributed by atoms with Crippen molar-refractivity contribution in [3.05, 3.63) is 70.9 Å². The van der Waals surface area contributed by atoms with Crippen molar-refractivity contribution in [2.75, 3.05) is 56.2 Å². The molecule has 2 aromatic carbocycles. The van der Waals surface area contributed by atoms with E-state index in [2.05, 4.69) is 35.1 Å². The number of nitrogens with one attached hydrogen (secondary N) is 1. The van der Waals surface area contributed by atoms with Gasteiger partial charge in [0.1, 0.15) is 12.1 Å². The van der Waals surface area contributed by atoms with Crippen LogP contribution in [0.15, 0.2) is 60.0 Å². The Bertz CT molecular complexity index is 1450. The van der Waals surface area contributed by atoms with E-state index in [1.165, 1.54) is 6.33 Å². The van der Waals surface area contributed by atoms with Crippen LogP contribution in [0.1, 0.15) is 12.0 Å². The Labute approximate surface area is 224 Å². The molecule has 1 N–H and O–H groups in total. The quantitative estimate of drug-likeness (QED) is 0.109. The van der Waals surface area contributed by atoms with Crippen molar-refractivity contribution in [1.82, 2.24) is 14.9 Å². The lowest BCUT2D eigenvalue weighted by Gasteiger charge is -2.26. The fourth-order valence-corrected chi connectivity index (χ4v) is 4.70. The molecule has 0 spiro atoms. The number of carbonyl (C=O) groups is 2. The van der Waals surface area contributed by atoms with E-state index in [0.29, 0.717) is 35.9 Å². The van der Waals surface area contributed by atoms with Crippen LogP contribution in [0.5, 0.6) is 0 Å². The van der Waals surface area contributed by atoms with Crippen LogP contribution in [-0.2, 0) is 25.5 Å². The molecular weight excluding hydrogens is 500 g/mol. The summed E-state index contributed by atoms with van der Waals surface area (Å²) in [4.78, 5) is 40.6. The smallest absolute Gasteiger partial charge is 0.330 e. The molecule has 0 bridgehead atoms. The largest absolute Gasteiger partial charge is 0.462 e. The van der Waals surface area contributed by atoms with Crippen molar-refractivity contribution in [2.45, 2.75) is 12.8 Å². The summed E-state index contributed by atoms with van der Waals surface area (Å²) >= 11 is 0. The Kier molecular flexibility index (Phi) is 8.27. The Morgan fingerprint density at radius 2 is 2.00 bits per heavy atom. The molecule has 200 valence electrons. The molecule has 2 aliphatic rings. The summed E-state index contributed by atoms with van der Waals surface area (Å²) in [6, 6.07) is 10.9. The molecule has 0 atom stereocenters. The molecule has 1 saturated heterocycles. The van der Waals surface area contributed by atoms with Gasteiger partial charge >= 0.3 is 5.97 Å². The number of azide groups is 1. The number of nitrogens with zero attached hydrogens (tertiary/aromatic N) is 7. The molecule has 0 saturated carbocycles. The van der Waals surface area contributed by atoms with E-state index in [0.717, 1.165) is 74.5 Å². The van der Waals surface area contributed by atoms with E-state index in [-0.39, 0.29) is 0 Å². The van der Waals surface area contributed by atoms with Crippen molar-refractivity contribution < 1.29 is 19.1 Å².